The summed E-state index contributed by atoms with van der Waals surface area (Å²) in [5.74, 6) is -1.07. The van der Waals surface area contributed by atoms with Gasteiger partial charge in [0.25, 0.3) is 0 Å². The average Bonchev–Trinajstić information content (AvgIpc) is 3.31. The summed E-state index contributed by atoms with van der Waals surface area (Å²) >= 11 is 1.49. The van der Waals surface area contributed by atoms with Gasteiger partial charge in [-0.05, 0) is 40.8 Å². The zero-order valence-corrected chi connectivity index (χ0v) is 22.8. The lowest BCUT2D eigenvalue weighted by molar-refractivity contribution is -0.150. The van der Waals surface area contributed by atoms with Gasteiger partial charge in [0.05, 0.1) is 18.9 Å². The molecule has 3 aliphatic heterocycles. The van der Waals surface area contributed by atoms with Crippen LogP contribution in [-0.2, 0) is 30.3 Å². The summed E-state index contributed by atoms with van der Waals surface area (Å²) in [6.45, 7) is 3.83. The third kappa shape index (κ3) is 9.13. The SMILES string of the molecule is CC(C)[C@H]1C[C@@H](O)CC(=O)O[C@@H]2/C=C/CSSC[C@@H](NC(=O)[C@H](Cc3ccsc3)NC(=O)C2)C(=O)N1. The van der Waals surface area contributed by atoms with E-state index in [2.05, 4.69) is 16.0 Å². The Morgan fingerprint density at radius 3 is 2.61 bits per heavy atom. The van der Waals surface area contributed by atoms with Gasteiger partial charge in [0.2, 0.25) is 17.7 Å². The molecule has 0 saturated carbocycles. The molecule has 5 atom stereocenters. The van der Waals surface area contributed by atoms with Gasteiger partial charge in [-0.25, -0.2) is 0 Å². The molecular formula is C24H33N3O6S3. The first kappa shape index (κ1) is 28.5. The molecule has 0 aromatic carbocycles. The van der Waals surface area contributed by atoms with Gasteiger partial charge >= 0.3 is 5.97 Å². The predicted molar refractivity (Wildman–Crippen MR) is 142 cm³/mol. The number of ether oxygens (including phenoxy) is 1. The lowest BCUT2D eigenvalue weighted by Crippen LogP contribution is -2.57. The number of fused-ring (bicyclic) bond motifs is 16. The topological polar surface area (TPSA) is 134 Å². The van der Waals surface area contributed by atoms with E-state index in [-0.39, 0.29) is 37.5 Å². The number of esters is 1. The van der Waals surface area contributed by atoms with Gasteiger partial charge in [0.15, 0.2) is 0 Å². The highest BCUT2D eigenvalue weighted by Gasteiger charge is 2.31. The number of hydrogen-bond donors (Lipinski definition) is 4. The average molecular weight is 556 g/mol. The van der Waals surface area contributed by atoms with Crippen molar-refractivity contribution >= 4 is 56.6 Å². The fraction of sp³-hybridized carbons (Fsp3) is 0.583. The van der Waals surface area contributed by atoms with Gasteiger partial charge in [-0.15, -0.1) is 0 Å². The third-order valence-corrected chi connectivity index (χ3v) is 8.88. The molecule has 3 amide bonds. The standard InChI is InChI=1S/C24H33N3O6S3/c1-14(2)18-9-16(28)10-22(30)33-17-4-3-6-35-36-13-20(24(32)26-18)27-23(31)19(25-21(29)11-17)8-15-5-7-34-12-15/h3-5,7,12,14,16-20,28H,6,8-11,13H2,1-2H3,(H,25,29)(H,26,32)(H,27,31)/b4-3+/t16-,17-,18-,19+,20-/m1/s1. The number of hydrogen-bond acceptors (Lipinski definition) is 9. The Hall–Kier alpha value is -2.02. The Morgan fingerprint density at radius 2 is 1.89 bits per heavy atom. The summed E-state index contributed by atoms with van der Waals surface area (Å²) in [4.78, 5) is 52.1. The highest BCUT2D eigenvalue weighted by atomic mass is 33.1. The smallest absolute Gasteiger partial charge is 0.309 e. The molecule has 1 aromatic rings. The van der Waals surface area contributed by atoms with Crippen LogP contribution in [0.3, 0.4) is 0 Å². The van der Waals surface area contributed by atoms with Crippen molar-refractivity contribution in [1.82, 2.24) is 16.0 Å². The van der Waals surface area contributed by atoms with Crippen molar-refractivity contribution in [3.63, 3.8) is 0 Å². The highest BCUT2D eigenvalue weighted by Crippen LogP contribution is 2.23. The fourth-order valence-corrected chi connectivity index (χ4v) is 6.53. The van der Waals surface area contributed by atoms with Gasteiger partial charge in [-0.2, -0.15) is 11.3 Å². The number of thiophene rings is 1. The van der Waals surface area contributed by atoms with E-state index in [1.54, 1.807) is 6.08 Å². The molecule has 9 nitrogen and oxygen atoms in total. The van der Waals surface area contributed by atoms with E-state index in [1.165, 1.54) is 32.9 Å². The molecule has 36 heavy (non-hydrogen) atoms. The molecular weight excluding hydrogens is 522 g/mol. The van der Waals surface area contributed by atoms with Crippen molar-refractivity contribution in [2.45, 2.75) is 69.9 Å². The van der Waals surface area contributed by atoms with Crippen LogP contribution in [0.5, 0.6) is 0 Å². The molecule has 4 N–H and O–H groups in total. The second-order valence-electron chi connectivity index (χ2n) is 9.20. The highest BCUT2D eigenvalue weighted by molar-refractivity contribution is 8.76. The molecule has 0 unspecified atom stereocenters. The summed E-state index contributed by atoms with van der Waals surface area (Å²) in [6, 6.07) is -0.272. The van der Waals surface area contributed by atoms with Gasteiger partial charge in [-0.1, -0.05) is 41.5 Å². The predicted octanol–water partition coefficient (Wildman–Crippen LogP) is 1.81. The molecule has 4 heterocycles. The minimum Gasteiger partial charge on any atom is -0.457 e. The molecule has 1 saturated heterocycles. The third-order valence-electron chi connectivity index (χ3n) is 5.87. The first-order valence-electron chi connectivity index (χ1n) is 11.9. The number of carbonyl (C=O) groups is 4. The Kier molecular flexibility index (Phi) is 11.1. The first-order valence-corrected chi connectivity index (χ1v) is 15.3. The number of aliphatic hydroxyl groups is 1. The first-order chi connectivity index (χ1) is 17.2. The number of amides is 3. The molecule has 2 bridgehead atoms. The molecule has 0 radical (unpaired) electrons. The number of nitrogens with one attached hydrogen (secondary N) is 3. The Labute approximate surface area is 223 Å². The van der Waals surface area contributed by atoms with Gasteiger partial charge in [-0.3, -0.25) is 19.2 Å². The largest absolute Gasteiger partial charge is 0.457 e. The number of rotatable bonds is 3. The van der Waals surface area contributed by atoms with E-state index in [9.17, 15) is 24.3 Å². The number of aliphatic hydroxyl groups excluding tert-OH is 1. The minimum absolute atomic E-state index is 0.0166. The quantitative estimate of drug-likeness (QED) is 0.252. The van der Waals surface area contributed by atoms with Crippen LogP contribution >= 0.6 is 32.9 Å². The van der Waals surface area contributed by atoms with Crippen LogP contribution in [0.15, 0.2) is 29.0 Å². The van der Waals surface area contributed by atoms with Crippen molar-refractivity contribution in [2.24, 2.45) is 5.92 Å². The van der Waals surface area contributed by atoms with E-state index in [0.717, 1.165) is 5.56 Å². The second kappa shape index (κ2) is 14.1. The molecule has 1 aromatic heterocycles. The van der Waals surface area contributed by atoms with Crippen LogP contribution < -0.4 is 16.0 Å². The van der Waals surface area contributed by atoms with Gasteiger partial charge < -0.3 is 25.8 Å². The van der Waals surface area contributed by atoms with Gasteiger partial charge in [0, 0.05) is 24.0 Å². The van der Waals surface area contributed by atoms with Crippen molar-refractivity contribution in [2.75, 3.05) is 11.5 Å². The van der Waals surface area contributed by atoms with Gasteiger partial charge in [0.1, 0.15) is 18.2 Å². The fourth-order valence-electron chi connectivity index (χ4n) is 3.87. The summed E-state index contributed by atoms with van der Waals surface area (Å²) in [5, 5.41) is 22.8. The normalized spacial score (nSPS) is 30.2. The monoisotopic (exact) mass is 555 g/mol. The van der Waals surface area contributed by atoms with Crippen molar-refractivity contribution in [1.29, 1.82) is 0 Å². The lowest BCUT2D eigenvalue weighted by Gasteiger charge is -2.29. The maximum Gasteiger partial charge on any atom is 0.309 e. The van der Waals surface area contributed by atoms with E-state index >= 15 is 0 Å². The molecule has 0 aliphatic carbocycles. The van der Waals surface area contributed by atoms with Crippen molar-refractivity contribution in [3.05, 3.63) is 34.5 Å². The second-order valence-corrected chi connectivity index (χ2v) is 12.5. The van der Waals surface area contributed by atoms with Crippen LogP contribution in [0.2, 0.25) is 0 Å². The Morgan fingerprint density at radius 1 is 1.08 bits per heavy atom. The molecule has 3 aliphatic rings. The maximum absolute atomic E-state index is 13.3. The van der Waals surface area contributed by atoms with E-state index in [0.29, 0.717) is 11.5 Å². The summed E-state index contributed by atoms with van der Waals surface area (Å²) in [7, 11) is 2.94. The summed E-state index contributed by atoms with van der Waals surface area (Å²) < 4.78 is 5.52. The molecule has 198 valence electrons. The summed E-state index contributed by atoms with van der Waals surface area (Å²) in [6.07, 6.45) is 1.61. The van der Waals surface area contributed by atoms with Crippen LogP contribution in [0.4, 0.5) is 0 Å². The van der Waals surface area contributed by atoms with E-state index in [4.69, 9.17) is 4.74 Å². The van der Waals surface area contributed by atoms with Crippen molar-refractivity contribution < 1.29 is 29.0 Å². The van der Waals surface area contributed by atoms with Crippen LogP contribution in [0.25, 0.3) is 0 Å². The van der Waals surface area contributed by atoms with Crippen LogP contribution in [0.1, 0.15) is 38.7 Å². The maximum atomic E-state index is 13.3. The Bertz CT molecular complexity index is 940. The number of carbonyl (C=O) groups excluding carboxylic acids is 4. The van der Waals surface area contributed by atoms with Crippen molar-refractivity contribution in [3.8, 4) is 0 Å². The zero-order valence-electron chi connectivity index (χ0n) is 20.3. The lowest BCUT2D eigenvalue weighted by atomic mass is 9.96. The molecule has 1 fully saturated rings. The molecule has 12 heteroatoms. The van der Waals surface area contributed by atoms with E-state index < -0.39 is 48.1 Å². The molecule has 0 spiro atoms. The Balaban J connectivity index is 1.95. The van der Waals surface area contributed by atoms with E-state index in [1.807, 2.05) is 36.7 Å². The molecule has 4 rings (SSSR count). The zero-order chi connectivity index (χ0) is 26.1. The minimum atomic E-state index is -1.03. The summed E-state index contributed by atoms with van der Waals surface area (Å²) in [5.41, 5.74) is 0.888. The van der Waals surface area contributed by atoms with Crippen LogP contribution in [-0.4, -0.2) is 70.6 Å². The van der Waals surface area contributed by atoms with Crippen LogP contribution in [0, 0.1) is 5.92 Å².